The SMILES string of the molecule is Cc1cc(Oc2cccc(F)c2)ncc1Br. The Morgan fingerprint density at radius 1 is 1.31 bits per heavy atom. The van der Waals surface area contributed by atoms with Crippen molar-refractivity contribution >= 4 is 15.9 Å². The maximum Gasteiger partial charge on any atom is 0.219 e. The fraction of sp³-hybridized carbons (Fsp3) is 0.0833. The molecule has 2 rings (SSSR count). The molecule has 0 aliphatic carbocycles. The van der Waals surface area contributed by atoms with E-state index in [1.807, 2.05) is 6.92 Å². The third kappa shape index (κ3) is 2.58. The summed E-state index contributed by atoms with van der Waals surface area (Å²) in [5, 5.41) is 0. The van der Waals surface area contributed by atoms with Crippen molar-refractivity contribution < 1.29 is 9.13 Å². The van der Waals surface area contributed by atoms with Crippen LogP contribution in [0.3, 0.4) is 0 Å². The van der Waals surface area contributed by atoms with Gasteiger partial charge in [0, 0.05) is 22.8 Å². The summed E-state index contributed by atoms with van der Waals surface area (Å²) in [6, 6.07) is 7.75. The Labute approximate surface area is 101 Å². The van der Waals surface area contributed by atoms with E-state index >= 15 is 0 Å². The van der Waals surface area contributed by atoms with Crippen LogP contribution in [0, 0.1) is 12.7 Å². The van der Waals surface area contributed by atoms with Gasteiger partial charge >= 0.3 is 0 Å². The van der Waals surface area contributed by atoms with Crippen LogP contribution < -0.4 is 4.74 Å². The summed E-state index contributed by atoms with van der Waals surface area (Å²) in [7, 11) is 0. The van der Waals surface area contributed by atoms with E-state index in [4.69, 9.17) is 4.74 Å². The van der Waals surface area contributed by atoms with Gasteiger partial charge in [0.15, 0.2) is 0 Å². The Bertz CT molecular complexity index is 516. The quantitative estimate of drug-likeness (QED) is 0.827. The Morgan fingerprint density at radius 3 is 2.81 bits per heavy atom. The Morgan fingerprint density at radius 2 is 2.12 bits per heavy atom. The molecule has 1 aromatic carbocycles. The molecule has 0 fully saturated rings. The van der Waals surface area contributed by atoms with Crippen LogP contribution in [0.15, 0.2) is 41.0 Å². The van der Waals surface area contributed by atoms with Gasteiger partial charge < -0.3 is 4.74 Å². The molecule has 0 saturated carbocycles. The molecule has 0 radical (unpaired) electrons. The number of rotatable bonds is 2. The van der Waals surface area contributed by atoms with E-state index in [2.05, 4.69) is 20.9 Å². The zero-order valence-electron chi connectivity index (χ0n) is 8.58. The molecule has 16 heavy (non-hydrogen) atoms. The van der Waals surface area contributed by atoms with Gasteiger partial charge in [0.05, 0.1) is 0 Å². The number of halogens is 2. The number of nitrogens with zero attached hydrogens (tertiary/aromatic N) is 1. The first-order chi connectivity index (χ1) is 7.65. The molecule has 0 saturated heterocycles. The molecule has 0 atom stereocenters. The highest BCUT2D eigenvalue weighted by atomic mass is 79.9. The third-order valence-electron chi connectivity index (χ3n) is 2.04. The summed E-state index contributed by atoms with van der Waals surface area (Å²) < 4.78 is 19.2. The molecule has 0 N–H and O–H groups in total. The highest BCUT2D eigenvalue weighted by molar-refractivity contribution is 9.10. The standard InChI is InChI=1S/C12H9BrFNO/c1-8-5-12(15-7-11(8)13)16-10-4-2-3-9(14)6-10/h2-7H,1H3. The minimum Gasteiger partial charge on any atom is -0.439 e. The lowest BCUT2D eigenvalue weighted by atomic mass is 10.3. The van der Waals surface area contributed by atoms with Crippen LogP contribution in [0.1, 0.15) is 5.56 Å². The van der Waals surface area contributed by atoms with Gasteiger partial charge in [-0.1, -0.05) is 6.07 Å². The molecule has 4 heteroatoms. The molecule has 0 spiro atoms. The van der Waals surface area contributed by atoms with Crippen LogP contribution in [0.2, 0.25) is 0 Å². The van der Waals surface area contributed by atoms with Crippen molar-refractivity contribution in [3.63, 3.8) is 0 Å². The molecule has 2 aromatic rings. The highest BCUT2D eigenvalue weighted by Gasteiger charge is 2.02. The van der Waals surface area contributed by atoms with Crippen molar-refractivity contribution in [2.45, 2.75) is 6.92 Å². The highest BCUT2D eigenvalue weighted by Crippen LogP contribution is 2.23. The van der Waals surface area contributed by atoms with E-state index in [0.29, 0.717) is 11.6 Å². The molecule has 0 amide bonds. The molecule has 0 aliphatic heterocycles. The minimum absolute atomic E-state index is 0.327. The number of aryl methyl sites for hydroxylation is 1. The van der Waals surface area contributed by atoms with E-state index < -0.39 is 0 Å². The second kappa shape index (κ2) is 4.61. The molecule has 0 bridgehead atoms. The first-order valence-electron chi connectivity index (χ1n) is 4.71. The van der Waals surface area contributed by atoms with Crippen LogP contribution in [0.4, 0.5) is 4.39 Å². The minimum atomic E-state index is -0.327. The van der Waals surface area contributed by atoms with Gasteiger partial charge in [0.1, 0.15) is 11.6 Å². The lowest BCUT2D eigenvalue weighted by Crippen LogP contribution is -1.89. The number of pyridine rings is 1. The molecule has 2 nitrogen and oxygen atoms in total. The summed E-state index contributed by atoms with van der Waals surface area (Å²) >= 11 is 3.35. The number of hydrogen-bond acceptors (Lipinski definition) is 2. The fourth-order valence-electron chi connectivity index (χ4n) is 1.22. The summed E-state index contributed by atoms with van der Waals surface area (Å²) in [6.07, 6.45) is 1.66. The monoisotopic (exact) mass is 281 g/mol. The normalized spacial score (nSPS) is 10.2. The van der Waals surface area contributed by atoms with E-state index in [9.17, 15) is 4.39 Å². The summed E-state index contributed by atoms with van der Waals surface area (Å²) in [6.45, 7) is 1.93. The Balaban J connectivity index is 2.24. The predicted molar refractivity (Wildman–Crippen MR) is 63.1 cm³/mol. The lowest BCUT2D eigenvalue weighted by Gasteiger charge is -2.05. The summed E-state index contributed by atoms with van der Waals surface area (Å²) in [4.78, 5) is 4.07. The second-order valence-corrected chi connectivity index (χ2v) is 4.19. The van der Waals surface area contributed by atoms with Crippen molar-refractivity contribution in [3.05, 3.63) is 52.4 Å². The lowest BCUT2D eigenvalue weighted by molar-refractivity contribution is 0.457. The van der Waals surface area contributed by atoms with E-state index in [1.54, 1.807) is 24.4 Å². The number of aromatic nitrogens is 1. The van der Waals surface area contributed by atoms with Gasteiger partial charge in [-0.2, -0.15) is 0 Å². The molecule has 0 aliphatic rings. The molecule has 1 aromatic heterocycles. The number of hydrogen-bond donors (Lipinski definition) is 0. The van der Waals surface area contributed by atoms with E-state index in [-0.39, 0.29) is 5.82 Å². The molecule has 82 valence electrons. The van der Waals surface area contributed by atoms with Crippen LogP contribution >= 0.6 is 15.9 Å². The molecular weight excluding hydrogens is 273 g/mol. The van der Waals surface area contributed by atoms with Crippen LogP contribution in [-0.2, 0) is 0 Å². The average molecular weight is 282 g/mol. The molecule has 0 unspecified atom stereocenters. The van der Waals surface area contributed by atoms with Crippen molar-refractivity contribution in [1.82, 2.24) is 4.98 Å². The van der Waals surface area contributed by atoms with Crippen molar-refractivity contribution in [2.24, 2.45) is 0 Å². The average Bonchev–Trinajstić information content (AvgIpc) is 2.24. The van der Waals surface area contributed by atoms with Gasteiger partial charge in [-0.25, -0.2) is 9.37 Å². The fourth-order valence-corrected chi connectivity index (χ4v) is 1.44. The van der Waals surface area contributed by atoms with Gasteiger partial charge in [-0.15, -0.1) is 0 Å². The van der Waals surface area contributed by atoms with Gasteiger partial charge in [-0.3, -0.25) is 0 Å². The first-order valence-corrected chi connectivity index (χ1v) is 5.50. The van der Waals surface area contributed by atoms with Crippen LogP contribution in [0.5, 0.6) is 11.6 Å². The first kappa shape index (κ1) is 11.1. The molecule has 1 heterocycles. The number of benzene rings is 1. The van der Waals surface area contributed by atoms with Gasteiger partial charge in [-0.05, 0) is 40.5 Å². The maximum atomic E-state index is 12.9. The molecular formula is C12H9BrFNO. The largest absolute Gasteiger partial charge is 0.439 e. The van der Waals surface area contributed by atoms with Crippen molar-refractivity contribution in [3.8, 4) is 11.6 Å². The third-order valence-corrected chi connectivity index (χ3v) is 2.87. The zero-order chi connectivity index (χ0) is 11.5. The zero-order valence-corrected chi connectivity index (χ0v) is 10.2. The smallest absolute Gasteiger partial charge is 0.219 e. The maximum absolute atomic E-state index is 12.9. The van der Waals surface area contributed by atoms with E-state index in [1.165, 1.54) is 12.1 Å². The predicted octanol–water partition coefficient (Wildman–Crippen LogP) is 4.08. The van der Waals surface area contributed by atoms with E-state index in [0.717, 1.165) is 10.0 Å². The summed E-state index contributed by atoms with van der Waals surface area (Å²) in [5.74, 6) is 0.562. The topological polar surface area (TPSA) is 22.1 Å². The van der Waals surface area contributed by atoms with Crippen LogP contribution in [-0.4, -0.2) is 4.98 Å². The Hall–Kier alpha value is -1.42. The van der Waals surface area contributed by atoms with Crippen molar-refractivity contribution in [1.29, 1.82) is 0 Å². The summed E-state index contributed by atoms with van der Waals surface area (Å²) in [5.41, 5.74) is 1.02. The second-order valence-electron chi connectivity index (χ2n) is 3.33. The van der Waals surface area contributed by atoms with Crippen molar-refractivity contribution in [2.75, 3.05) is 0 Å². The van der Waals surface area contributed by atoms with Crippen LogP contribution in [0.25, 0.3) is 0 Å². The number of ether oxygens (including phenoxy) is 1. The Kier molecular flexibility index (Phi) is 3.19. The van der Waals surface area contributed by atoms with Gasteiger partial charge in [0.2, 0.25) is 5.88 Å². The van der Waals surface area contributed by atoms with Gasteiger partial charge in [0.25, 0.3) is 0 Å².